The van der Waals surface area contributed by atoms with E-state index < -0.39 is 0 Å². The molecule has 1 aliphatic heterocycles. The largest absolute Gasteiger partial charge is 0.491 e. The molecule has 1 fully saturated rings. The van der Waals surface area contributed by atoms with Gasteiger partial charge in [0.2, 0.25) is 5.91 Å². The zero-order valence-electron chi connectivity index (χ0n) is 17.3. The van der Waals surface area contributed by atoms with Gasteiger partial charge in [-0.15, -0.1) is 0 Å². The average molecular weight is 381 g/mol. The molecule has 28 heavy (non-hydrogen) atoms. The minimum absolute atomic E-state index is 0.149. The molecule has 1 N–H and O–H groups in total. The van der Waals surface area contributed by atoms with E-state index in [1.165, 1.54) is 17.5 Å². The topological polar surface area (TPSA) is 41.6 Å². The fourth-order valence-electron chi connectivity index (χ4n) is 3.59. The van der Waals surface area contributed by atoms with Crippen LogP contribution in [0.2, 0.25) is 0 Å². The Labute approximate surface area is 168 Å². The van der Waals surface area contributed by atoms with Gasteiger partial charge in [0.1, 0.15) is 5.75 Å². The molecule has 0 spiro atoms. The van der Waals surface area contributed by atoms with Crippen molar-refractivity contribution in [1.29, 1.82) is 0 Å². The van der Waals surface area contributed by atoms with E-state index in [0.29, 0.717) is 19.0 Å². The van der Waals surface area contributed by atoms with Gasteiger partial charge >= 0.3 is 0 Å². The van der Waals surface area contributed by atoms with Crippen LogP contribution in [-0.4, -0.2) is 36.0 Å². The highest BCUT2D eigenvalue weighted by Crippen LogP contribution is 2.17. The van der Waals surface area contributed by atoms with E-state index in [1.807, 2.05) is 43.0 Å². The molecular formula is C24H32N2O2. The molecule has 4 nitrogen and oxygen atoms in total. The molecule has 0 aliphatic carbocycles. The van der Waals surface area contributed by atoms with Crippen molar-refractivity contribution in [3.8, 4) is 5.75 Å². The molecule has 1 saturated heterocycles. The van der Waals surface area contributed by atoms with E-state index in [0.717, 1.165) is 30.8 Å². The number of nitrogens with zero attached hydrogens (tertiary/aromatic N) is 1. The number of ether oxygens (including phenoxy) is 1. The smallest absolute Gasteiger partial charge is 0.227 e. The van der Waals surface area contributed by atoms with Crippen molar-refractivity contribution in [2.45, 2.75) is 58.7 Å². The summed E-state index contributed by atoms with van der Waals surface area (Å²) in [6, 6.07) is 16.7. The van der Waals surface area contributed by atoms with Crippen LogP contribution in [0.15, 0.2) is 48.5 Å². The molecular weight excluding hydrogens is 348 g/mol. The summed E-state index contributed by atoms with van der Waals surface area (Å²) in [5.41, 5.74) is 3.44. The summed E-state index contributed by atoms with van der Waals surface area (Å²) in [5, 5.41) is 3.52. The summed E-state index contributed by atoms with van der Waals surface area (Å²) in [5.74, 6) is 1.02. The summed E-state index contributed by atoms with van der Waals surface area (Å²) >= 11 is 0. The molecule has 1 atom stereocenters. The number of hydrogen-bond donors (Lipinski definition) is 1. The Morgan fingerprint density at radius 1 is 1.11 bits per heavy atom. The van der Waals surface area contributed by atoms with Gasteiger partial charge in [-0.1, -0.05) is 42.0 Å². The summed E-state index contributed by atoms with van der Waals surface area (Å²) in [6.07, 6.45) is 2.89. The van der Waals surface area contributed by atoms with Gasteiger partial charge in [-0.25, -0.2) is 0 Å². The lowest BCUT2D eigenvalue weighted by molar-refractivity contribution is -0.131. The fraction of sp³-hybridized carbons (Fsp3) is 0.458. The molecule has 150 valence electrons. The Bertz CT molecular complexity index is 747. The third-order valence-corrected chi connectivity index (χ3v) is 5.10. The monoisotopic (exact) mass is 380 g/mol. The zero-order valence-corrected chi connectivity index (χ0v) is 17.3. The summed E-state index contributed by atoms with van der Waals surface area (Å²) in [4.78, 5) is 15.1. The minimum atomic E-state index is 0.149. The lowest BCUT2D eigenvalue weighted by Crippen LogP contribution is -2.41. The van der Waals surface area contributed by atoms with Crippen LogP contribution in [0, 0.1) is 6.92 Å². The molecule has 4 heteroatoms. The van der Waals surface area contributed by atoms with Crippen LogP contribution in [0.4, 0.5) is 0 Å². The maximum atomic E-state index is 13.1. The molecule has 3 rings (SSSR count). The van der Waals surface area contributed by atoms with Gasteiger partial charge in [0, 0.05) is 19.1 Å². The van der Waals surface area contributed by atoms with Gasteiger partial charge in [-0.2, -0.15) is 0 Å². The van der Waals surface area contributed by atoms with Crippen molar-refractivity contribution in [3.05, 3.63) is 65.2 Å². The van der Waals surface area contributed by atoms with Crippen molar-refractivity contribution < 1.29 is 9.53 Å². The standard InChI is InChI=1S/C24H32N2O2/c1-18(2)28-23-12-10-20(11-13-23)15-24(27)26(17-22-5-4-14-25-22)16-21-8-6-19(3)7-9-21/h6-13,18,22,25H,4-5,14-17H2,1-3H3/t22-/m1/s1. The van der Waals surface area contributed by atoms with Crippen LogP contribution in [0.25, 0.3) is 0 Å². The second-order valence-electron chi connectivity index (χ2n) is 8.04. The van der Waals surface area contributed by atoms with Crippen LogP contribution in [0.5, 0.6) is 5.75 Å². The van der Waals surface area contributed by atoms with Crippen molar-refractivity contribution in [2.24, 2.45) is 0 Å². The van der Waals surface area contributed by atoms with Crippen LogP contribution >= 0.6 is 0 Å². The Morgan fingerprint density at radius 3 is 2.39 bits per heavy atom. The number of rotatable bonds is 8. The van der Waals surface area contributed by atoms with Gasteiger partial charge in [0.25, 0.3) is 0 Å². The second kappa shape index (κ2) is 9.74. The van der Waals surface area contributed by atoms with Gasteiger partial charge in [0.15, 0.2) is 0 Å². The van der Waals surface area contributed by atoms with Crippen molar-refractivity contribution >= 4 is 5.91 Å². The van der Waals surface area contributed by atoms with Gasteiger partial charge in [0.05, 0.1) is 12.5 Å². The first-order chi connectivity index (χ1) is 13.5. The number of benzene rings is 2. The Balaban J connectivity index is 1.67. The van der Waals surface area contributed by atoms with Gasteiger partial charge < -0.3 is 15.0 Å². The van der Waals surface area contributed by atoms with E-state index in [4.69, 9.17) is 4.74 Å². The number of carbonyl (C=O) groups is 1. The molecule has 1 aliphatic rings. The molecule has 0 radical (unpaired) electrons. The first-order valence-electron chi connectivity index (χ1n) is 10.3. The third kappa shape index (κ3) is 6.10. The van der Waals surface area contributed by atoms with E-state index in [-0.39, 0.29) is 12.0 Å². The maximum Gasteiger partial charge on any atom is 0.227 e. The van der Waals surface area contributed by atoms with Crippen molar-refractivity contribution in [2.75, 3.05) is 13.1 Å². The molecule has 2 aromatic rings. The molecule has 0 unspecified atom stereocenters. The van der Waals surface area contributed by atoms with Crippen LogP contribution in [0.1, 0.15) is 43.4 Å². The van der Waals surface area contributed by atoms with E-state index in [9.17, 15) is 4.79 Å². The van der Waals surface area contributed by atoms with Crippen molar-refractivity contribution in [3.63, 3.8) is 0 Å². The second-order valence-corrected chi connectivity index (χ2v) is 8.04. The molecule has 0 aromatic heterocycles. The average Bonchev–Trinajstić information content (AvgIpc) is 3.17. The molecule has 0 saturated carbocycles. The van der Waals surface area contributed by atoms with Crippen LogP contribution < -0.4 is 10.1 Å². The van der Waals surface area contributed by atoms with E-state index in [2.05, 4.69) is 36.5 Å². The first-order valence-corrected chi connectivity index (χ1v) is 10.3. The highest BCUT2D eigenvalue weighted by atomic mass is 16.5. The fourth-order valence-corrected chi connectivity index (χ4v) is 3.59. The molecule has 1 amide bonds. The SMILES string of the molecule is Cc1ccc(CN(C[C@H]2CCCN2)C(=O)Cc2ccc(OC(C)C)cc2)cc1. The number of hydrogen-bond acceptors (Lipinski definition) is 3. The van der Waals surface area contributed by atoms with Crippen LogP contribution in [0.3, 0.4) is 0 Å². The Hall–Kier alpha value is -2.33. The number of carbonyl (C=O) groups excluding carboxylic acids is 1. The molecule has 2 aromatic carbocycles. The van der Waals surface area contributed by atoms with Gasteiger partial charge in [-0.05, 0) is 63.4 Å². The minimum Gasteiger partial charge on any atom is -0.491 e. The highest BCUT2D eigenvalue weighted by molar-refractivity contribution is 5.79. The van der Waals surface area contributed by atoms with Crippen LogP contribution in [-0.2, 0) is 17.8 Å². The van der Waals surface area contributed by atoms with Crippen molar-refractivity contribution in [1.82, 2.24) is 10.2 Å². The molecule has 1 heterocycles. The lowest BCUT2D eigenvalue weighted by atomic mass is 10.1. The lowest BCUT2D eigenvalue weighted by Gasteiger charge is -2.26. The number of aryl methyl sites for hydroxylation is 1. The summed E-state index contributed by atoms with van der Waals surface area (Å²) in [7, 11) is 0. The third-order valence-electron chi connectivity index (χ3n) is 5.10. The predicted molar refractivity (Wildman–Crippen MR) is 114 cm³/mol. The quantitative estimate of drug-likeness (QED) is 0.749. The zero-order chi connectivity index (χ0) is 19.9. The predicted octanol–water partition coefficient (Wildman–Crippen LogP) is 4.11. The van der Waals surface area contributed by atoms with Gasteiger partial charge in [-0.3, -0.25) is 4.79 Å². The normalized spacial score (nSPS) is 16.4. The van der Waals surface area contributed by atoms with E-state index >= 15 is 0 Å². The Morgan fingerprint density at radius 2 is 1.79 bits per heavy atom. The molecule has 0 bridgehead atoms. The number of amides is 1. The summed E-state index contributed by atoms with van der Waals surface area (Å²) in [6.45, 7) is 8.58. The first kappa shape index (κ1) is 20.4. The summed E-state index contributed by atoms with van der Waals surface area (Å²) < 4.78 is 5.70. The Kier molecular flexibility index (Phi) is 7.10. The number of nitrogens with one attached hydrogen (secondary N) is 1. The van der Waals surface area contributed by atoms with E-state index in [1.54, 1.807) is 0 Å². The maximum absolute atomic E-state index is 13.1. The highest BCUT2D eigenvalue weighted by Gasteiger charge is 2.22.